The standard InChI is InChI=1S/C15H21N3O/c1-4-5-8-15-13(10-19)16-17-18(15)14-9-6-7-11(2)12(14)3/h6-7,9,19H,4-5,8,10H2,1-3H3. The Morgan fingerprint density at radius 1 is 1.26 bits per heavy atom. The third-order valence-electron chi connectivity index (χ3n) is 3.56. The van der Waals surface area contributed by atoms with Gasteiger partial charge in [0.05, 0.1) is 18.0 Å². The summed E-state index contributed by atoms with van der Waals surface area (Å²) >= 11 is 0. The highest BCUT2D eigenvalue weighted by Crippen LogP contribution is 2.20. The minimum Gasteiger partial charge on any atom is -0.390 e. The van der Waals surface area contributed by atoms with Crippen LogP contribution in [0.1, 0.15) is 42.3 Å². The lowest BCUT2D eigenvalue weighted by atomic mass is 10.1. The molecule has 0 atom stereocenters. The summed E-state index contributed by atoms with van der Waals surface area (Å²) in [5.41, 5.74) is 5.21. The normalized spacial score (nSPS) is 10.9. The van der Waals surface area contributed by atoms with Crippen molar-refractivity contribution in [2.24, 2.45) is 0 Å². The van der Waals surface area contributed by atoms with Crippen molar-refractivity contribution in [1.29, 1.82) is 0 Å². The summed E-state index contributed by atoms with van der Waals surface area (Å²) < 4.78 is 1.88. The molecular formula is C15H21N3O. The highest BCUT2D eigenvalue weighted by atomic mass is 16.3. The molecule has 0 saturated carbocycles. The van der Waals surface area contributed by atoms with E-state index in [2.05, 4.69) is 37.1 Å². The molecule has 19 heavy (non-hydrogen) atoms. The van der Waals surface area contributed by atoms with Crippen LogP contribution in [0.15, 0.2) is 18.2 Å². The first-order chi connectivity index (χ1) is 9.19. The number of aryl methyl sites for hydroxylation is 1. The van der Waals surface area contributed by atoms with Crippen molar-refractivity contribution >= 4 is 0 Å². The number of aliphatic hydroxyl groups excluding tert-OH is 1. The first-order valence-corrected chi connectivity index (χ1v) is 6.80. The number of aliphatic hydroxyl groups is 1. The molecule has 0 unspecified atom stereocenters. The smallest absolute Gasteiger partial charge is 0.112 e. The Balaban J connectivity index is 2.49. The lowest BCUT2D eigenvalue weighted by Crippen LogP contribution is -2.06. The van der Waals surface area contributed by atoms with E-state index in [1.54, 1.807) is 0 Å². The number of aromatic nitrogens is 3. The van der Waals surface area contributed by atoms with Crippen LogP contribution in [-0.2, 0) is 13.0 Å². The van der Waals surface area contributed by atoms with Gasteiger partial charge in [-0.25, -0.2) is 4.68 Å². The quantitative estimate of drug-likeness (QED) is 0.898. The van der Waals surface area contributed by atoms with Crippen LogP contribution >= 0.6 is 0 Å². The van der Waals surface area contributed by atoms with Crippen LogP contribution in [0, 0.1) is 13.8 Å². The predicted molar refractivity (Wildman–Crippen MR) is 75.4 cm³/mol. The molecule has 2 aromatic rings. The zero-order valence-corrected chi connectivity index (χ0v) is 11.8. The fraction of sp³-hybridized carbons (Fsp3) is 0.467. The van der Waals surface area contributed by atoms with Crippen LogP contribution < -0.4 is 0 Å². The van der Waals surface area contributed by atoms with Gasteiger partial charge < -0.3 is 5.11 Å². The van der Waals surface area contributed by atoms with E-state index < -0.39 is 0 Å². The molecule has 1 aromatic heterocycles. The fourth-order valence-corrected chi connectivity index (χ4v) is 2.21. The molecule has 0 aliphatic rings. The number of hydrogen-bond acceptors (Lipinski definition) is 3. The molecule has 1 aromatic carbocycles. The number of unbranched alkanes of at least 4 members (excludes halogenated alkanes) is 1. The van der Waals surface area contributed by atoms with E-state index in [1.807, 2.05) is 16.8 Å². The summed E-state index contributed by atoms with van der Waals surface area (Å²) in [6.07, 6.45) is 3.08. The summed E-state index contributed by atoms with van der Waals surface area (Å²) in [4.78, 5) is 0. The second-order valence-corrected chi connectivity index (χ2v) is 4.88. The number of hydrogen-bond donors (Lipinski definition) is 1. The first kappa shape index (κ1) is 13.7. The summed E-state index contributed by atoms with van der Waals surface area (Å²) in [5.74, 6) is 0. The van der Waals surface area contributed by atoms with Crippen LogP contribution in [0.2, 0.25) is 0 Å². The van der Waals surface area contributed by atoms with E-state index in [9.17, 15) is 5.11 Å². The van der Waals surface area contributed by atoms with E-state index in [-0.39, 0.29) is 6.61 Å². The molecule has 0 aliphatic carbocycles. The van der Waals surface area contributed by atoms with Crippen molar-refractivity contribution in [3.05, 3.63) is 40.7 Å². The SMILES string of the molecule is CCCCc1c(CO)nnn1-c1cccc(C)c1C. The maximum Gasteiger partial charge on any atom is 0.112 e. The van der Waals surface area contributed by atoms with Crippen molar-refractivity contribution in [2.45, 2.75) is 46.6 Å². The van der Waals surface area contributed by atoms with Crippen molar-refractivity contribution in [1.82, 2.24) is 15.0 Å². The Kier molecular flexibility index (Phi) is 4.32. The predicted octanol–water partition coefficient (Wildman–Crippen LogP) is 2.72. The van der Waals surface area contributed by atoms with Gasteiger partial charge in [-0.1, -0.05) is 30.7 Å². The zero-order chi connectivity index (χ0) is 13.8. The van der Waals surface area contributed by atoms with Gasteiger partial charge in [-0.3, -0.25) is 0 Å². The van der Waals surface area contributed by atoms with Gasteiger partial charge >= 0.3 is 0 Å². The van der Waals surface area contributed by atoms with E-state index in [4.69, 9.17) is 0 Å². The Morgan fingerprint density at radius 3 is 2.74 bits per heavy atom. The molecule has 0 spiro atoms. The molecule has 0 fully saturated rings. The van der Waals surface area contributed by atoms with Crippen LogP contribution in [0.4, 0.5) is 0 Å². The Bertz CT molecular complexity index is 561. The molecule has 4 heteroatoms. The fourth-order valence-electron chi connectivity index (χ4n) is 2.21. The van der Waals surface area contributed by atoms with Gasteiger partial charge in [0.2, 0.25) is 0 Å². The molecule has 1 heterocycles. The molecule has 0 saturated heterocycles. The van der Waals surface area contributed by atoms with Gasteiger partial charge in [0, 0.05) is 0 Å². The van der Waals surface area contributed by atoms with Crippen LogP contribution in [0.3, 0.4) is 0 Å². The maximum absolute atomic E-state index is 9.39. The Morgan fingerprint density at radius 2 is 2.05 bits per heavy atom. The van der Waals surface area contributed by atoms with Gasteiger partial charge in [0.25, 0.3) is 0 Å². The molecule has 0 amide bonds. The molecule has 0 radical (unpaired) electrons. The van der Waals surface area contributed by atoms with E-state index in [0.29, 0.717) is 5.69 Å². The van der Waals surface area contributed by atoms with Gasteiger partial charge in [0.15, 0.2) is 0 Å². The second kappa shape index (κ2) is 5.97. The maximum atomic E-state index is 9.39. The minimum absolute atomic E-state index is 0.0517. The second-order valence-electron chi connectivity index (χ2n) is 4.88. The molecule has 2 rings (SSSR count). The van der Waals surface area contributed by atoms with Gasteiger partial charge in [-0.15, -0.1) is 5.10 Å². The third-order valence-corrected chi connectivity index (χ3v) is 3.56. The topological polar surface area (TPSA) is 50.9 Å². The highest BCUT2D eigenvalue weighted by Gasteiger charge is 2.14. The molecule has 102 valence electrons. The van der Waals surface area contributed by atoms with Crippen LogP contribution in [0.25, 0.3) is 5.69 Å². The van der Waals surface area contributed by atoms with Gasteiger partial charge in [-0.2, -0.15) is 0 Å². The molecular weight excluding hydrogens is 238 g/mol. The number of benzene rings is 1. The summed E-state index contributed by atoms with van der Waals surface area (Å²) in [7, 11) is 0. The van der Waals surface area contributed by atoms with E-state index in [1.165, 1.54) is 11.1 Å². The van der Waals surface area contributed by atoms with Crippen LogP contribution in [-0.4, -0.2) is 20.1 Å². The average Bonchev–Trinajstić information content (AvgIpc) is 2.82. The van der Waals surface area contributed by atoms with E-state index >= 15 is 0 Å². The van der Waals surface area contributed by atoms with Crippen molar-refractivity contribution in [3.8, 4) is 5.69 Å². The molecule has 4 nitrogen and oxygen atoms in total. The van der Waals surface area contributed by atoms with Crippen molar-refractivity contribution in [2.75, 3.05) is 0 Å². The average molecular weight is 259 g/mol. The van der Waals surface area contributed by atoms with Crippen molar-refractivity contribution in [3.63, 3.8) is 0 Å². The monoisotopic (exact) mass is 259 g/mol. The zero-order valence-electron chi connectivity index (χ0n) is 11.8. The highest BCUT2D eigenvalue weighted by molar-refractivity contribution is 5.45. The number of rotatable bonds is 5. The Hall–Kier alpha value is -1.68. The lowest BCUT2D eigenvalue weighted by Gasteiger charge is -2.11. The van der Waals surface area contributed by atoms with Gasteiger partial charge in [0.1, 0.15) is 5.69 Å². The number of nitrogens with zero attached hydrogens (tertiary/aromatic N) is 3. The lowest BCUT2D eigenvalue weighted by molar-refractivity contribution is 0.275. The summed E-state index contributed by atoms with van der Waals surface area (Å²) in [6.45, 7) is 6.29. The first-order valence-electron chi connectivity index (χ1n) is 6.80. The van der Waals surface area contributed by atoms with Crippen molar-refractivity contribution < 1.29 is 5.11 Å². The van der Waals surface area contributed by atoms with E-state index in [0.717, 1.165) is 30.6 Å². The van der Waals surface area contributed by atoms with Crippen LogP contribution in [0.5, 0.6) is 0 Å². The Labute approximate surface area is 114 Å². The molecule has 0 aliphatic heterocycles. The molecule has 1 N–H and O–H groups in total. The van der Waals surface area contributed by atoms with Gasteiger partial charge in [-0.05, 0) is 43.9 Å². The minimum atomic E-state index is -0.0517. The molecule has 0 bridgehead atoms. The largest absolute Gasteiger partial charge is 0.390 e. The summed E-state index contributed by atoms with van der Waals surface area (Å²) in [6, 6.07) is 6.17. The summed E-state index contributed by atoms with van der Waals surface area (Å²) in [5, 5.41) is 17.7. The third kappa shape index (κ3) is 2.68.